The summed E-state index contributed by atoms with van der Waals surface area (Å²) in [5.74, 6) is 0.811. The second kappa shape index (κ2) is 4.85. The van der Waals surface area contributed by atoms with Gasteiger partial charge in [0.2, 0.25) is 0 Å². The van der Waals surface area contributed by atoms with Gasteiger partial charge in [0.1, 0.15) is 11.3 Å². The molecule has 96 valence electrons. The van der Waals surface area contributed by atoms with E-state index in [4.69, 9.17) is 14.9 Å². The molecule has 1 aromatic heterocycles. The van der Waals surface area contributed by atoms with Crippen molar-refractivity contribution in [3.05, 3.63) is 42.5 Å². The number of fused-ring (bicyclic) bond motifs is 1. The fourth-order valence-corrected chi connectivity index (χ4v) is 2.53. The Labute approximate surface area is 114 Å². The van der Waals surface area contributed by atoms with E-state index >= 15 is 0 Å². The first-order valence-corrected chi connectivity index (χ1v) is 6.54. The van der Waals surface area contributed by atoms with E-state index in [2.05, 4.69) is 4.98 Å². The van der Waals surface area contributed by atoms with Crippen LogP contribution in [0, 0.1) is 0 Å². The lowest BCUT2D eigenvalue weighted by molar-refractivity contribution is 0.413. The van der Waals surface area contributed by atoms with E-state index in [0.29, 0.717) is 16.5 Å². The van der Waals surface area contributed by atoms with E-state index in [1.165, 1.54) is 11.8 Å². The van der Waals surface area contributed by atoms with E-state index in [1.54, 1.807) is 13.2 Å². The molecular weight excluding hydrogens is 260 g/mol. The molecule has 2 N–H and O–H groups in total. The molecule has 0 bridgehead atoms. The highest BCUT2D eigenvalue weighted by molar-refractivity contribution is 7.99. The third-order valence-electron chi connectivity index (χ3n) is 2.64. The highest BCUT2D eigenvalue weighted by atomic mass is 32.2. The van der Waals surface area contributed by atoms with Gasteiger partial charge in [0.25, 0.3) is 5.22 Å². The van der Waals surface area contributed by atoms with Gasteiger partial charge in [-0.15, -0.1) is 0 Å². The molecule has 4 nitrogen and oxygen atoms in total. The summed E-state index contributed by atoms with van der Waals surface area (Å²) >= 11 is 1.45. The number of benzene rings is 2. The number of nitrogens with zero attached hydrogens (tertiary/aromatic N) is 1. The number of methoxy groups -OCH3 is 1. The van der Waals surface area contributed by atoms with E-state index < -0.39 is 0 Å². The molecule has 0 aliphatic heterocycles. The lowest BCUT2D eigenvalue weighted by Gasteiger charge is -2.01. The van der Waals surface area contributed by atoms with Gasteiger partial charge in [-0.1, -0.05) is 6.07 Å². The maximum absolute atomic E-state index is 5.71. The van der Waals surface area contributed by atoms with Crippen molar-refractivity contribution >= 4 is 28.5 Å². The first-order valence-electron chi connectivity index (χ1n) is 5.72. The van der Waals surface area contributed by atoms with Gasteiger partial charge in [-0.3, -0.25) is 0 Å². The monoisotopic (exact) mass is 272 g/mol. The Morgan fingerprint density at radius 1 is 1.21 bits per heavy atom. The van der Waals surface area contributed by atoms with Crippen LogP contribution in [-0.4, -0.2) is 12.1 Å². The summed E-state index contributed by atoms with van der Waals surface area (Å²) in [6.45, 7) is 0. The summed E-state index contributed by atoms with van der Waals surface area (Å²) in [6.07, 6.45) is 0. The van der Waals surface area contributed by atoms with Crippen LogP contribution in [-0.2, 0) is 0 Å². The van der Waals surface area contributed by atoms with Crippen molar-refractivity contribution in [3.63, 3.8) is 0 Å². The van der Waals surface area contributed by atoms with E-state index in [9.17, 15) is 0 Å². The Balaban J connectivity index is 1.92. The summed E-state index contributed by atoms with van der Waals surface area (Å²) in [4.78, 5) is 5.42. The summed E-state index contributed by atoms with van der Waals surface area (Å²) in [5, 5.41) is 0.592. The van der Waals surface area contributed by atoms with Gasteiger partial charge in [0.15, 0.2) is 5.58 Å². The molecule has 19 heavy (non-hydrogen) atoms. The van der Waals surface area contributed by atoms with Crippen LogP contribution < -0.4 is 10.5 Å². The molecule has 1 heterocycles. The van der Waals surface area contributed by atoms with Gasteiger partial charge in [-0.05, 0) is 42.1 Å². The topological polar surface area (TPSA) is 61.3 Å². The molecule has 2 aromatic carbocycles. The normalized spacial score (nSPS) is 10.8. The average molecular weight is 272 g/mol. The molecule has 0 aliphatic rings. The maximum atomic E-state index is 5.71. The molecule has 0 radical (unpaired) electrons. The Bertz CT molecular complexity index is 724. The van der Waals surface area contributed by atoms with Crippen LogP contribution in [0.15, 0.2) is 57.0 Å². The molecule has 0 spiro atoms. The SMILES string of the molecule is COc1cccc(Sc2nc3ccc(N)cc3o2)c1. The van der Waals surface area contributed by atoms with Crippen molar-refractivity contribution in [3.8, 4) is 5.75 Å². The van der Waals surface area contributed by atoms with E-state index in [-0.39, 0.29) is 0 Å². The predicted octanol–water partition coefficient (Wildman–Crippen LogP) is 3.57. The average Bonchev–Trinajstić information content (AvgIpc) is 2.80. The highest BCUT2D eigenvalue weighted by Gasteiger charge is 2.08. The number of nitrogens with two attached hydrogens (primary N) is 1. The van der Waals surface area contributed by atoms with Crippen LogP contribution >= 0.6 is 11.8 Å². The molecule has 5 heteroatoms. The number of ether oxygens (including phenoxy) is 1. The molecule has 0 saturated heterocycles. The van der Waals surface area contributed by atoms with Gasteiger partial charge < -0.3 is 14.9 Å². The minimum Gasteiger partial charge on any atom is -0.497 e. The standard InChI is InChI=1S/C14H12N2O2S/c1-17-10-3-2-4-11(8-10)19-14-16-12-6-5-9(15)7-13(12)18-14/h2-8H,15H2,1H3. The quantitative estimate of drug-likeness (QED) is 0.738. The molecule has 0 atom stereocenters. The fraction of sp³-hybridized carbons (Fsp3) is 0.0714. The zero-order valence-corrected chi connectivity index (χ0v) is 11.1. The molecule has 0 saturated carbocycles. The Hall–Kier alpha value is -2.14. The van der Waals surface area contributed by atoms with Crippen molar-refractivity contribution < 1.29 is 9.15 Å². The first-order chi connectivity index (χ1) is 9.24. The van der Waals surface area contributed by atoms with Crippen molar-refractivity contribution in [2.75, 3.05) is 12.8 Å². The fourth-order valence-electron chi connectivity index (χ4n) is 1.73. The first kappa shape index (κ1) is 11.9. The molecule has 0 amide bonds. The van der Waals surface area contributed by atoms with Crippen LogP contribution in [0.4, 0.5) is 5.69 Å². The molecule has 3 aromatic rings. The number of hydrogen-bond donors (Lipinski definition) is 1. The third kappa shape index (κ3) is 2.51. The van der Waals surface area contributed by atoms with Crippen LogP contribution in [0.25, 0.3) is 11.1 Å². The summed E-state index contributed by atoms with van der Waals surface area (Å²) in [5.41, 5.74) is 7.89. The number of rotatable bonds is 3. The number of hydrogen-bond acceptors (Lipinski definition) is 5. The molecule has 3 rings (SSSR count). The van der Waals surface area contributed by atoms with E-state index in [1.807, 2.05) is 36.4 Å². The summed E-state index contributed by atoms with van der Waals surface area (Å²) < 4.78 is 10.8. The smallest absolute Gasteiger partial charge is 0.261 e. The molecular formula is C14H12N2O2S. The van der Waals surface area contributed by atoms with Gasteiger partial charge in [-0.25, -0.2) is 4.98 Å². The zero-order valence-electron chi connectivity index (χ0n) is 10.3. The summed E-state index contributed by atoms with van der Waals surface area (Å²) in [7, 11) is 1.64. The zero-order chi connectivity index (χ0) is 13.2. The van der Waals surface area contributed by atoms with Crippen LogP contribution in [0.2, 0.25) is 0 Å². The van der Waals surface area contributed by atoms with Crippen molar-refractivity contribution in [2.45, 2.75) is 10.1 Å². The van der Waals surface area contributed by atoms with Crippen LogP contribution in [0.5, 0.6) is 5.75 Å². The van der Waals surface area contributed by atoms with Crippen molar-refractivity contribution in [1.82, 2.24) is 4.98 Å². The second-order valence-corrected chi connectivity index (χ2v) is 5.01. The maximum Gasteiger partial charge on any atom is 0.261 e. The van der Waals surface area contributed by atoms with E-state index in [0.717, 1.165) is 16.2 Å². The van der Waals surface area contributed by atoms with Gasteiger partial charge in [0, 0.05) is 16.6 Å². The minimum atomic E-state index is 0.592. The Morgan fingerprint density at radius 2 is 2.11 bits per heavy atom. The lowest BCUT2D eigenvalue weighted by atomic mass is 10.3. The van der Waals surface area contributed by atoms with Crippen LogP contribution in [0.1, 0.15) is 0 Å². The summed E-state index contributed by atoms with van der Waals surface area (Å²) in [6, 6.07) is 13.2. The number of nitrogen functional groups attached to an aromatic ring is 1. The number of aromatic nitrogens is 1. The second-order valence-electron chi connectivity index (χ2n) is 3.99. The number of oxazole rings is 1. The third-order valence-corrected chi connectivity index (χ3v) is 3.48. The van der Waals surface area contributed by atoms with Crippen molar-refractivity contribution in [1.29, 1.82) is 0 Å². The van der Waals surface area contributed by atoms with Gasteiger partial charge in [-0.2, -0.15) is 0 Å². The van der Waals surface area contributed by atoms with Crippen molar-refractivity contribution in [2.24, 2.45) is 0 Å². The van der Waals surface area contributed by atoms with Gasteiger partial charge >= 0.3 is 0 Å². The largest absolute Gasteiger partial charge is 0.497 e. The molecule has 0 aliphatic carbocycles. The highest BCUT2D eigenvalue weighted by Crippen LogP contribution is 2.32. The minimum absolute atomic E-state index is 0.592. The molecule has 0 fully saturated rings. The Kier molecular flexibility index (Phi) is 3.05. The lowest BCUT2D eigenvalue weighted by Crippen LogP contribution is -1.82. The molecule has 0 unspecified atom stereocenters. The predicted molar refractivity (Wildman–Crippen MR) is 75.5 cm³/mol. The Morgan fingerprint density at radius 3 is 2.95 bits per heavy atom. The van der Waals surface area contributed by atoms with Gasteiger partial charge in [0.05, 0.1) is 7.11 Å². The number of anilines is 1. The van der Waals surface area contributed by atoms with Crippen LogP contribution in [0.3, 0.4) is 0 Å².